The van der Waals surface area contributed by atoms with E-state index in [0.29, 0.717) is 6.42 Å². The Kier molecular flexibility index (Phi) is 46.5. The van der Waals surface area contributed by atoms with Crippen molar-refractivity contribution in [2.45, 2.75) is 213 Å². The minimum absolute atomic E-state index is 0.0417. The summed E-state index contributed by atoms with van der Waals surface area (Å²) < 4.78 is 32.9. The van der Waals surface area contributed by atoms with Crippen LogP contribution in [0.1, 0.15) is 206 Å². The van der Waals surface area contributed by atoms with Crippen molar-refractivity contribution in [1.82, 2.24) is 0 Å². The molecule has 0 heterocycles. The van der Waals surface area contributed by atoms with Gasteiger partial charge < -0.3 is 20.1 Å². The van der Waals surface area contributed by atoms with Gasteiger partial charge in [0.15, 0.2) is 6.10 Å². The van der Waals surface area contributed by atoms with Crippen molar-refractivity contribution in [3.63, 3.8) is 0 Å². The molecule has 0 aliphatic rings. The second-order valence-corrected chi connectivity index (χ2v) is 17.8. The van der Waals surface area contributed by atoms with Gasteiger partial charge in [0, 0.05) is 19.4 Å². The van der Waals surface area contributed by atoms with Gasteiger partial charge >= 0.3 is 19.8 Å². The molecule has 0 spiro atoms. The van der Waals surface area contributed by atoms with E-state index >= 15 is 0 Å². The molecule has 0 saturated carbocycles. The van der Waals surface area contributed by atoms with Crippen LogP contribution in [0, 0.1) is 0 Å². The third-order valence-corrected chi connectivity index (χ3v) is 11.2. The molecule has 362 valence electrons. The number of esters is 2. The summed E-state index contributed by atoms with van der Waals surface area (Å²) in [6.45, 7) is 3.57. The molecule has 0 aromatic heterocycles. The fourth-order valence-electron chi connectivity index (χ4n) is 6.57. The summed E-state index contributed by atoms with van der Waals surface area (Å²) in [5, 5.41) is 0. The maximum atomic E-state index is 12.6. The Labute approximate surface area is 385 Å². The van der Waals surface area contributed by atoms with E-state index in [1.807, 2.05) is 0 Å². The number of phosphoric acid groups is 1. The SMILES string of the molecule is CC/C=C\C/C=C\C/C=C\C/C=C\C/C=C\C/C=C\CCCCC(=O)OC(COC(=O)CCCCCCCCCCC/C=C\CCCCCCCCCC)COP(=O)(O)OCCN. The molecule has 0 fully saturated rings. The number of allylic oxidation sites excluding steroid dienone is 14. The van der Waals surface area contributed by atoms with Crippen molar-refractivity contribution < 1.29 is 37.6 Å². The first-order chi connectivity index (χ1) is 30.8. The molecule has 2 unspecified atom stereocenters. The predicted molar refractivity (Wildman–Crippen MR) is 265 cm³/mol. The van der Waals surface area contributed by atoms with Gasteiger partial charge in [-0.15, -0.1) is 0 Å². The molecular weight excluding hydrogens is 810 g/mol. The van der Waals surface area contributed by atoms with E-state index in [1.165, 1.54) is 96.3 Å². The fraction of sp³-hybridized carbons (Fsp3) is 0.698. The normalized spacial score (nSPS) is 13.9. The van der Waals surface area contributed by atoms with Crippen molar-refractivity contribution in [2.24, 2.45) is 5.73 Å². The highest BCUT2D eigenvalue weighted by atomic mass is 31.2. The topological polar surface area (TPSA) is 134 Å². The summed E-state index contributed by atoms with van der Waals surface area (Å²) in [5.41, 5.74) is 5.36. The Bertz CT molecular complexity index is 1300. The molecule has 0 bridgehead atoms. The van der Waals surface area contributed by atoms with Crippen LogP contribution in [-0.2, 0) is 32.7 Å². The average Bonchev–Trinajstić information content (AvgIpc) is 3.27. The summed E-state index contributed by atoms with van der Waals surface area (Å²) in [4.78, 5) is 35.0. The molecule has 0 saturated heterocycles. The third kappa shape index (κ3) is 48.5. The Hall–Kier alpha value is -2.81. The molecule has 63 heavy (non-hydrogen) atoms. The Morgan fingerprint density at radius 2 is 0.873 bits per heavy atom. The van der Waals surface area contributed by atoms with Crippen molar-refractivity contribution >= 4 is 19.8 Å². The molecule has 10 heteroatoms. The maximum Gasteiger partial charge on any atom is 0.472 e. The molecule has 0 aliphatic carbocycles. The van der Waals surface area contributed by atoms with Crippen molar-refractivity contribution in [3.05, 3.63) is 85.1 Å². The van der Waals surface area contributed by atoms with Gasteiger partial charge in [0.1, 0.15) is 6.61 Å². The molecule has 0 aromatic rings. The van der Waals surface area contributed by atoms with Crippen LogP contribution >= 0.6 is 7.82 Å². The number of ether oxygens (including phenoxy) is 2. The zero-order chi connectivity index (χ0) is 46.0. The molecule has 2 atom stereocenters. The van der Waals surface area contributed by atoms with E-state index in [-0.39, 0.29) is 32.6 Å². The van der Waals surface area contributed by atoms with Gasteiger partial charge in [-0.3, -0.25) is 18.6 Å². The highest BCUT2D eigenvalue weighted by molar-refractivity contribution is 7.47. The van der Waals surface area contributed by atoms with Crippen LogP contribution < -0.4 is 5.73 Å². The molecule has 0 rings (SSSR count). The smallest absolute Gasteiger partial charge is 0.462 e. The Balaban J connectivity index is 4.16. The van der Waals surface area contributed by atoms with Crippen LogP contribution in [0.5, 0.6) is 0 Å². The molecular formula is C53H92NO8P. The summed E-state index contributed by atoms with van der Waals surface area (Å²) >= 11 is 0. The Morgan fingerprint density at radius 3 is 1.35 bits per heavy atom. The molecule has 0 aromatic carbocycles. The summed E-state index contributed by atoms with van der Waals surface area (Å²) in [5.74, 6) is -0.884. The zero-order valence-electron chi connectivity index (χ0n) is 40.0. The summed E-state index contributed by atoms with van der Waals surface area (Å²) in [6, 6.07) is 0. The summed E-state index contributed by atoms with van der Waals surface area (Å²) in [7, 11) is -4.40. The maximum absolute atomic E-state index is 12.6. The average molecular weight is 902 g/mol. The van der Waals surface area contributed by atoms with Gasteiger partial charge in [-0.1, -0.05) is 189 Å². The lowest BCUT2D eigenvalue weighted by atomic mass is 10.1. The minimum atomic E-state index is -4.40. The number of rotatable bonds is 46. The standard InChI is InChI=1S/C53H92NO8P/c1-3-5-7-9-11-13-15-17-19-21-23-25-27-29-31-33-35-37-39-41-43-45-52(55)59-49-51(50-61-63(57,58)60-48-47-54)62-53(56)46-44-42-40-38-36-34-32-30-28-26-24-22-20-18-16-14-12-10-8-6-4-2/h6,8,12,14,18,20-21,23-24,26,30,32,36,38,51H,3-5,7,9-11,13,15-17,19,22,25,27-29,31,33-35,37,39-50,54H2,1-2H3,(H,57,58)/b8-6-,14-12-,20-18-,23-21-,26-24-,32-30-,38-36-. The van der Waals surface area contributed by atoms with E-state index in [9.17, 15) is 19.0 Å². The van der Waals surface area contributed by atoms with Gasteiger partial charge in [0.25, 0.3) is 0 Å². The molecule has 3 N–H and O–H groups in total. The first-order valence-electron chi connectivity index (χ1n) is 25.1. The van der Waals surface area contributed by atoms with Gasteiger partial charge in [-0.05, 0) is 89.9 Å². The fourth-order valence-corrected chi connectivity index (χ4v) is 7.34. The van der Waals surface area contributed by atoms with Crippen LogP contribution in [0.15, 0.2) is 85.1 Å². The lowest BCUT2D eigenvalue weighted by Gasteiger charge is -2.19. The van der Waals surface area contributed by atoms with Crippen LogP contribution in [0.4, 0.5) is 0 Å². The van der Waals surface area contributed by atoms with Crippen molar-refractivity contribution in [2.75, 3.05) is 26.4 Å². The van der Waals surface area contributed by atoms with E-state index in [0.717, 1.165) is 77.0 Å². The zero-order valence-corrected chi connectivity index (χ0v) is 40.9. The number of unbranched alkanes of at least 4 members (excludes halogenated alkanes) is 19. The highest BCUT2D eigenvalue weighted by Crippen LogP contribution is 2.43. The minimum Gasteiger partial charge on any atom is -0.462 e. The van der Waals surface area contributed by atoms with Crippen LogP contribution in [0.3, 0.4) is 0 Å². The van der Waals surface area contributed by atoms with E-state index < -0.39 is 32.5 Å². The second kappa shape index (κ2) is 48.6. The molecule has 0 aliphatic heterocycles. The quantitative estimate of drug-likeness (QED) is 0.0265. The summed E-state index contributed by atoms with van der Waals surface area (Å²) in [6.07, 6.45) is 61.9. The highest BCUT2D eigenvalue weighted by Gasteiger charge is 2.26. The first kappa shape index (κ1) is 60.2. The number of phosphoric ester groups is 1. The van der Waals surface area contributed by atoms with E-state index in [1.54, 1.807) is 0 Å². The number of hydrogen-bond donors (Lipinski definition) is 2. The number of carbonyl (C=O) groups is 2. The van der Waals surface area contributed by atoms with Crippen LogP contribution in [-0.4, -0.2) is 49.3 Å². The lowest BCUT2D eigenvalue weighted by Crippen LogP contribution is -2.29. The first-order valence-corrected chi connectivity index (χ1v) is 26.6. The Morgan fingerprint density at radius 1 is 0.492 bits per heavy atom. The predicted octanol–water partition coefficient (Wildman–Crippen LogP) is 15.2. The number of hydrogen-bond acceptors (Lipinski definition) is 8. The molecule has 9 nitrogen and oxygen atoms in total. The van der Waals surface area contributed by atoms with Gasteiger partial charge in [-0.25, -0.2) is 4.57 Å². The molecule has 0 radical (unpaired) electrons. The number of carbonyl (C=O) groups excluding carboxylic acids is 2. The third-order valence-electron chi connectivity index (χ3n) is 10.3. The van der Waals surface area contributed by atoms with Gasteiger partial charge in [0.05, 0.1) is 13.2 Å². The van der Waals surface area contributed by atoms with Crippen LogP contribution in [0.2, 0.25) is 0 Å². The molecule has 0 amide bonds. The lowest BCUT2D eigenvalue weighted by molar-refractivity contribution is -0.161. The van der Waals surface area contributed by atoms with Crippen molar-refractivity contribution in [3.8, 4) is 0 Å². The largest absolute Gasteiger partial charge is 0.472 e. The van der Waals surface area contributed by atoms with Crippen LogP contribution in [0.25, 0.3) is 0 Å². The monoisotopic (exact) mass is 902 g/mol. The van der Waals surface area contributed by atoms with E-state index in [4.69, 9.17) is 24.3 Å². The van der Waals surface area contributed by atoms with Crippen molar-refractivity contribution in [1.29, 1.82) is 0 Å². The second-order valence-electron chi connectivity index (χ2n) is 16.3. The van der Waals surface area contributed by atoms with E-state index in [2.05, 4.69) is 98.9 Å². The van der Waals surface area contributed by atoms with Gasteiger partial charge in [-0.2, -0.15) is 0 Å². The van der Waals surface area contributed by atoms with Gasteiger partial charge in [0.2, 0.25) is 0 Å². The number of nitrogens with two attached hydrogens (primary N) is 1.